The first-order valence-electron chi connectivity index (χ1n) is 4.77. The Kier molecular flexibility index (Phi) is 3.49. The van der Waals surface area contributed by atoms with Crippen molar-refractivity contribution in [3.63, 3.8) is 0 Å². The van der Waals surface area contributed by atoms with Gasteiger partial charge in [0.1, 0.15) is 10.3 Å². The first-order chi connectivity index (χ1) is 8.47. The number of pyridine rings is 1. The number of H-pyrrole nitrogens is 1. The molecule has 0 amide bonds. The van der Waals surface area contributed by atoms with Gasteiger partial charge in [-0.05, 0) is 6.07 Å². The van der Waals surface area contributed by atoms with Crippen molar-refractivity contribution in [2.75, 3.05) is 0 Å². The van der Waals surface area contributed by atoms with E-state index in [9.17, 15) is 14.0 Å². The molecule has 0 aliphatic heterocycles. The second kappa shape index (κ2) is 4.91. The summed E-state index contributed by atoms with van der Waals surface area (Å²) in [5.41, 5.74) is -1.31. The number of hydrogen-bond donors (Lipinski definition) is 1. The zero-order chi connectivity index (χ0) is 13.3. The first-order valence-corrected chi connectivity index (χ1v) is 5.53. The van der Waals surface area contributed by atoms with Gasteiger partial charge in [-0.2, -0.15) is 4.39 Å². The molecule has 2 rings (SSSR count). The summed E-state index contributed by atoms with van der Waals surface area (Å²) in [4.78, 5) is 27.9. The Morgan fingerprint density at radius 3 is 2.72 bits per heavy atom. The van der Waals surface area contributed by atoms with Crippen LogP contribution in [-0.2, 0) is 6.54 Å². The second-order valence-corrected chi connectivity index (χ2v) is 4.19. The van der Waals surface area contributed by atoms with Crippen molar-refractivity contribution in [3.05, 3.63) is 60.9 Å². The molecule has 0 saturated heterocycles. The zero-order valence-electron chi connectivity index (χ0n) is 8.78. The van der Waals surface area contributed by atoms with Crippen LogP contribution < -0.4 is 11.2 Å². The fraction of sp³-hybridized carbons (Fsp3) is 0.100. The minimum atomic E-state index is -1.06. The molecule has 8 heteroatoms. The van der Waals surface area contributed by atoms with Crippen molar-refractivity contribution in [2.45, 2.75) is 6.54 Å². The third-order valence-electron chi connectivity index (χ3n) is 2.20. The van der Waals surface area contributed by atoms with Crippen LogP contribution in [0.2, 0.25) is 10.3 Å². The molecule has 5 nitrogen and oxygen atoms in total. The van der Waals surface area contributed by atoms with E-state index in [1.54, 1.807) is 6.07 Å². The Balaban J connectivity index is 2.43. The summed E-state index contributed by atoms with van der Waals surface area (Å²) in [6.07, 6.45) is 0.812. The first kappa shape index (κ1) is 12.8. The van der Waals surface area contributed by atoms with Gasteiger partial charge >= 0.3 is 5.69 Å². The second-order valence-electron chi connectivity index (χ2n) is 3.45. The maximum atomic E-state index is 13.1. The largest absolute Gasteiger partial charge is 0.328 e. The third-order valence-corrected chi connectivity index (χ3v) is 2.74. The van der Waals surface area contributed by atoms with E-state index >= 15 is 0 Å². The Morgan fingerprint density at radius 2 is 2.06 bits per heavy atom. The number of hydrogen-bond acceptors (Lipinski definition) is 3. The highest BCUT2D eigenvalue weighted by Gasteiger charge is 2.07. The normalized spacial score (nSPS) is 10.6. The number of aromatic nitrogens is 3. The molecule has 0 atom stereocenters. The van der Waals surface area contributed by atoms with Gasteiger partial charge in [-0.25, -0.2) is 9.78 Å². The van der Waals surface area contributed by atoms with E-state index in [2.05, 4.69) is 4.98 Å². The van der Waals surface area contributed by atoms with E-state index in [1.165, 1.54) is 6.07 Å². The van der Waals surface area contributed by atoms with Gasteiger partial charge in [0, 0.05) is 5.56 Å². The standard InChI is InChI=1S/C10H6Cl2FN3O2/c11-7-2-1-5(8(12)14-7)3-16-4-6(13)9(17)15-10(16)18/h1-2,4H,3H2,(H,15,17,18). The van der Waals surface area contributed by atoms with Gasteiger partial charge < -0.3 is 0 Å². The van der Waals surface area contributed by atoms with Crippen molar-refractivity contribution >= 4 is 23.2 Å². The lowest BCUT2D eigenvalue weighted by Crippen LogP contribution is -2.31. The fourth-order valence-electron chi connectivity index (χ4n) is 1.34. The molecule has 2 heterocycles. The van der Waals surface area contributed by atoms with Crippen LogP contribution in [0.25, 0.3) is 0 Å². The maximum Gasteiger partial charge on any atom is 0.328 e. The number of halogens is 3. The van der Waals surface area contributed by atoms with Crippen LogP contribution in [0.4, 0.5) is 4.39 Å². The summed E-state index contributed by atoms with van der Waals surface area (Å²) in [7, 11) is 0. The molecule has 0 aromatic carbocycles. The molecule has 1 N–H and O–H groups in total. The molecule has 94 valence electrons. The Morgan fingerprint density at radius 1 is 1.33 bits per heavy atom. The summed E-state index contributed by atoms with van der Waals surface area (Å²) in [5.74, 6) is -1.05. The SMILES string of the molecule is O=c1[nH]c(=O)n(Cc2ccc(Cl)nc2Cl)cc1F. The quantitative estimate of drug-likeness (QED) is 0.851. The number of rotatable bonds is 2. The Hall–Kier alpha value is -1.66. The van der Waals surface area contributed by atoms with Crippen LogP contribution in [-0.4, -0.2) is 14.5 Å². The van der Waals surface area contributed by atoms with E-state index < -0.39 is 17.1 Å². The van der Waals surface area contributed by atoms with E-state index in [0.29, 0.717) is 5.56 Å². The van der Waals surface area contributed by atoms with Gasteiger partial charge in [0.05, 0.1) is 12.7 Å². The molecule has 0 saturated carbocycles. The van der Waals surface area contributed by atoms with Crippen LogP contribution >= 0.6 is 23.2 Å². The lowest BCUT2D eigenvalue weighted by atomic mass is 10.3. The third kappa shape index (κ3) is 2.60. The van der Waals surface area contributed by atoms with Crippen LogP contribution in [0.15, 0.2) is 27.9 Å². The van der Waals surface area contributed by atoms with E-state index in [1.807, 2.05) is 4.98 Å². The fourth-order valence-corrected chi connectivity index (χ4v) is 1.75. The molecule has 0 spiro atoms. The van der Waals surface area contributed by atoms with Crippen LogP contribution in [0.5, 0.6) is 0 Å². The summed E-state index contributed by atoms with van der Waals surface area (Å²) in [5, 5.41) is 0.324. The smallest absolute Gasteiger partial charge is 0.293 e. The number of nitrogens with zero attached hydrogens (tertiary/aromatic N) is 2. The molecular weight excluding hydrogens is 284 g/mol. The lowest BCUT2D eigenvalue weighted by molar-refractivity contribution is 0.566. The predicted molar refractivity (Wildman–Crippen MR) is 64.6 cm³/mol. The zero-order valence-corrected chi connectivity index (χ0v) is 10.3. The minimum Gasteiger partial charge on any atom is -0.293 e. The minimum absolute atomic E-state index is 0.0183. The lowest BCUT2D eigenvalue weighted by Gasteiger charge is -2.06. The molecule has 0 unspecified atom stereocenters. The summed E-state index contributed by atoms with van der Waals surface area (Å²) in [6.45, 7) is -0.0183. The summed E-state index contributed by atoms with van der Waals surface area (Å²) >= 11 is 11.5. The molecule has 2 aromatic rings. The van der Waals surface area contributed by atoms with Gasteiger partial charge in [-0.1, -0.05) is 29.3 Å². The average molecular weight is 290 g/mol. The van der Waals surface area contributed by atoms with Crippen molar-refractivity contribution in [2.24, 2.45) is 0 Å². The highest BCUT2D eigenvalue weighted by atomic mass is 35.5. The van der Waals surface area contributed by atoms with E-state index in [-0.39, 0.29) is 16.9 Å². The van der Waals surface area contributed by atoms with E-state index in [4.69, 9.17) is 23.2 Å². The van der Waals surface area contributed by atoms with Crippen LogP contribution in [0.1, 0.15) is 5.56 Å². The highest BCUT2D eigenvalue weighted by molar-refractivity contribution is 6.32. The van der Waals surface area contributed by atoms with Crippen LogP contribution in [0, 0.1) is 5.82 Å². The molecule has 0 aliphatic rings. The summed E-state index contributed by atoms with van der Waals surface area (Å²) in [6, 6.07) is 3.06. The molecule has 0 aliphatic carbocycles. The maximum absolute atomic E-state index is 13.1. The van der Waals surface area contributed by atoms with Gasteiger partial charge in [-0.15, -0.1) is 0 Å². The predicted octanol–water partition coefficient (Wildman–Crippen LogP) is 1.43. The van der Waals surface area contributed by atoms with Crippen LogP contribution in [0.3, 0.4) is 0 Å². The van der Waals surface area contributed by atoms with Crippen molar-refractivity contribution in [1.29, 1.82) is 0 Å². The molecule has 0 radical (unpaired) electrons. The Bertz CT molecular complexity index is 711. The van der Waals surface area contributed by atoms with Gasteiger partial charge in [0.2, 0.25) is 5.82 Å². The molecule has 2 aromatic heterocycles. The van der Waals surface area contributed by atoms with Gasteiger partial charge in [0.25, 0.3) is 5.56 Å². The molecule has 18 heavy (non-hydrogen) atoms. The molecule has 0 fully saturated rings. The van der Waals surface area contributed by atoms with Crippen molar-refractivity contribution < 1.29 is 4.39 Å². The monoisotopic (exact) mass is 289 g/mol. The summed E-state index contributed by atoms with van der Waals surface area (Å²) < 4.78 is 14.0. The van der Waals surface area contributed by atoms with Gasteiger partial charge in [0.15, 0.2) is 0 Å². The number of aromatic amines is 1. The van der Waals surface area contributed by atoms with Crippen molar-refractivity contribution in [3.8, 4) is 0 Å². The van der Waals surface area contributed by atoms with E-state index in [0.717, 1.165) is 10.8 Å². The topological polar surface area (TPSA) is 67.8 Å². The average Bonchev–Trinajstić information content (AvgIpc) is 2.29. The molecular formula is C10H6Cl2FN3O2. The van der Waals surface area contributed by atoms with Crippen molar-refractivity contribution in [1.82, 2.24) is 14.5 Å². The number of nitrogens with one attached hydrogen (secondary N) is 1. The van der Waals surface area contributed by atoms with Gasteiger partial charge in [-0.3, -0.25) is 14.3 Å². The highest BCUT2D eigenvalue weighted by Crippen LogP contribution is 2.16. The Labute approximate surface area is 110 Å². The molecule has 0 bridgehead atoms.